The molecule has 0 amide bonds. The highest BCUT2D eigenvalue weighted by Crippen LogP contribution is 2.38. The van der Waals surface area contributed by atoms with E-state index in [4.69, 9.17) is 9.97 Å². The van der Waals surface area contributed by atoms with Crippen molar-refractivity contribution in [1.82, 2.24) is 14.5 Å². The van der Waals surface area contributed by atoms with Crippen molar-refractivity contribution in [2.75, 3.05) is 0 Å². The Balaban J connectivity index is 1.13. The van der Waals surface area contributed by atoms with Gasteiger partial charge >= 0.3 is 0 Å². The topological polar surface area (TPSA) is 30.7 Å². The normalized spacial score (nSPS) is 11.6. The largest absolute Gasteiger partial charge is 0.309 e. The summed E-state index contributed by atoms with van der Waals surface area (Å²) in [6.45, 7) is 4.34. The molecule has 0 aliphatic carbocycles. The fraction of sp³-hybridized carbons (Fsp3) is 0.0400. The van der Waals surface area contributed by atoms with E-state index in [2.05, 4.69) is 188 Å². The summed E-state index contributed by atoms with van der Waals surface area (Å²) in [6.07, 6.45) is 0. The van der Waals surface area contributed by atoms with Crippen LogP contribution in [-0.4, -0.2) is 14.5 Å². The van der Waals surface area contributed by atoms with E-state index in [1.165, 1.54) is 48.9 Å². The molecule has 0 fully saturated rings. The molecule has 2 aromatic heterocycles. The number of hydrogen-bond donors (Lipinski definition) is 0. The summed E-state index contributed by atoms with van der Waals surface area (Å²) in [7, 11) is 0. The van der Waals surface area contributed by atoms with Crippen LogP contribution in [0.5, 0.6) is 0 Å². The Morgan fingerprint density at radius 2 is 1.00 bits per heavy atom. The van der Waals surface area contributed by atoms with Gasteiger partial charge < -0.3 is 4.57 Å². The van der Waals surface area contributed by atoms with Gasteiger partial charge in [-0.25, -0.2) is 9.97 Å². The summed E-state index contributed by atoms with van der Waals surface area (Å²) in [4.78, 5) is 10.6. The highest BCUT2D eigenvalue weighted by Gasteiger charge is 2.19. The molecule has 0 bridgehead atoms. The summed E-state index contributed by atoms with van der Waals surface area (Å²) in [5.41, 5.74) is 13.2. The van der Waals surface area contributed by atoms with Gasteiger partial charge in [0.05, 0.1) is 22.4 Å². The standard InChI is InChI=1S/C50H35N3/c1-32-23-24-37(36-16-12-17-40(30-36)53-46-21-10-8-19-43(46)44-20-9-11-22-47(44)53)31-45(32)49-33(2)48(51-50(52-49)35-14-4-3-5-15-35)39-27-28-42-38(29-39)26-25-34-13-6-7-18-41(34)42/h3-31H,1-2H3. The fourth-order valence-electron chi connectivity index (χ4n) is 8.02. The number of aryl methyl sites for hydroxylation is 1. The van der Waals surface area contributed by atoms with Gasteiger partial charge in [-0.1, -0.05) is 140 Å². The molecule has 3 heteroatoms. The molecular formula is C50H35N3. The van der Waals surface area contributed by atoms with Gasteiger partial charge in [0.2, 0.25) is 0 Å². The summed E-state index contributed by atoms with van der Waals surface area (Å²) < 4.78 is 2.38. The summed E-state index contributed by atoms with van der Waals surface area (Å²) >= 11 is 0. The van der Waals surface area contributed by atoms with Crippen LogP contribution in [0.25, 0.3) is 94.1 Å². The Labute approximate surface area is 308 Å². The lowest BCUT2D eigenvalue weighted by Gasteiger charge is -2.17. The van der Waals surface area contributed by atoms with Crippen LogP contribution in [0, 0.1) is 13.8 Å². The first-order valence-corrected chi connectivity index (χ1v) is 18.2. The first-order valence-electron chi connectivity index (χ1n) is 18.2. The lowest BCUT2D eigenvalue weighted by atomic mass is 9.93. The van der Waals surface area contributed by atoms with E-state index in [0.717, 1.165) is 56.3 Å². The lowest BCUT2D eigenvalue weighted by Crippen LogP contribution is -2.01. The molecule has 10 aromatic rings. The minimum Gasteiger partial charge on any atom is -0.309 e. The maximum Gasteiger partial charge on any atom is 0.160 e. The van der Waals surface area contributed by atoms with Crippen molar-refractivity contribution in [1.29, 1.82) is 0 Å². The minimum absolute atomic E-state index is 0.720. The molecule has 10 rings (SSSR count). The zero-order valence-electron chi connectivity index (χ0n) is 29.6. The van der Waals surface area contributed by atoms with Crippen LogP contribution in [-0.2, 0) is 0 Å². The fourth-order valence-corrected chi connectivity index (χ4v) is 8.02. The second kappa shape index (κ2) is 12.4. The molecule has 250 valence electrons. The molecule has 3 nitrogen and oxygen atoms in total. The van der Waals surface area contributed by atoms with Crippen LogP contribution in [0.1, 0.15) is 11.1 Å². The minimum atomic E-state index is 0.720. The van der Waals surface area contributed by atoms with Crippen molar-refractivity contribution in [3.8, 4) is 50.7 Å². The monoisotopic (exact) mass is 677 g/mol. The molecule has 0 radical (unpaired) electrons. The average Bonchev–Trinajstić information content (AvgIpc) is 3.56. The third-order valence-corrected chi connectivity index (χ3v) is 10.7. The molecule has 0 atom stereocenters. The smallest absolute Gasteiger partial charge is 0.160 e. The van der Waals surface area contributed by atoms with E-state index in [1.54, 1.807) is 0 Å². The molecule has 0 aliphatic heterocycles. The van der Waals surface area contributed by atoms with Gasteiger partial charge in [0.25, 0.3) is 0 Å². The van der Waals surface area contributed by atoms with Gasteiger partial charge in [-0.2, -0.15) is 0 Å². The van der Waals surface area contributed by atoms with E-state index in [-0.39, 0.29) is 0 Å². The van der Waals surface area contributed by atoms with Crippen molar-refractivity contribution in [2.45, 2.75) is 13.8 Å². The van der Waals surface area contributed by atoms with Crippen LogP contribution in [0.15, 0.2) is 176 Å². The molecular weight excluding hydrogens is 643 g/mol. The highest BCUT2D eigenvalue weighted by molar-refractivity contribution is 6.10. The number of rotatable bonds is 5. The molecule has 0 aliphatic rings. The Kier molecular flexibility index (Phi) is 7.26. The van der Waals surface area contributed by atoms with Crippen molar-refractivity contribution < 1.29 is 0 Å². The SMILES string of the molecule is Cc1ccc(-c2cccc(-n3c4ccccc4c4ccccc43)c2)cc1-c1nc(-c2ccccc2)nc(-c2ccc3c(ccc4ccccc43)c2)c1C. The van der Waals surface area contributed by atoms with Crippen LogP contribution in [0.2, 0.25) is 0 Å². The maximum absolute atomic E-state index is 5.31. The number of aromatic nitrogens is 3. The quantitative estimate of drug-likeness (QED) is 0.170. The van der Waals surface area contributed by atoms with Crippen LogP contribution >= 0.6 is 0 Å². The van der Waals surface area contributed by atoms with Crippen molar-refractivity contribution >= 4 is 43.4 Å². The number of fused-ring (bicyclic) bond motifs is 6. The summed E-state index contributed by atoms with van der Waals surface area (Å²) in [5.74, 6) is 0.720. The van der Waals surface area contributed by atoms with Gasteiger partial charge in [-0.05, 0) is 88.5 Å². The number of para-hydroxylation sites is 2. The maximum atomic E-state index is 5.31. The van der Waals surface area contributed by atoms with E-state index < -0.39 is 0 Å². The van der Waals surface area contributed by atoms with Crippen LogP contribution in [0.4, 0.5) is 0 Å². The van der Waals surface area contributed by atoms with Gasteiger partial charge in [-0.15, -0.1) is 0 Å². The molecule has 0 saturated heterocycles. The predicted octanol–water partition coefficient (Wildman–Crippen LogP) is 13.2. The van der Waals surface area contributed by atoms with Crippen LogP contribution < -0.4 is 0 Å². The third kappa shape index (κ3) is 5.20. The van der Waals surface area contributed by atoms with Crippen molar-refractivity contribution in [2.24, 2.45) is 0 Å². The molecule has 0 spiro atoms. The number of hydrogen-bond acceptors (Lipinski definition) is 2. The Morgan fingerprint density at radius 3 is 1.79 bits per heavy atom. The van der Waals surface area contributed by atoms with Crippen molar-refractivity contribution in [3.05, 3.63) is 187 Å². The van der Waals surface area contributed by atoms with Gasteiger partial charge in [0.15, 0.2) is 5.82 Å². The zero-order chi connectivity index (χ0) is 35.5. The molecule has 2 heterocycles. The second-order valence-corrected chi connectivity index (χ2v) is 13.9. The third-order valence-electron chi connectivity index (χ3n) is 10.7. The summed E-state index contributed by atoms with van der Waals surface area (Å²) in [6, 6.07) is 63.0. The predicted molar refractivity (Wildman–Crippen MR) is 223 cm³/mol. The Hall–Kier alpha value is -6.84. The molecule has 0 N–H and O–H groups in total. The van der Waals surface area contributed by atoms with Crippen LogP contribution in [0.3, 0.4) is 0 Å². The Morgan fingerprint density at radius 1 is 0.396 bits per heavy atom. The second-order valence-electron chi connectivity index (χ2n) is 13.9. The van der Waals surface area contributed by atoms with Crippen molar-refractivity contribution in [3.63, 3.8) is 0 Å². The number of nitrogens with zero attached hydrogens (tertiary/aromatic N) is 3. The molecule has 53 heavy (non-hydrogen) atoms. The molecule has 0 unspecified atom stereocenters. The highest BCUT2D eigenvalue weighted by atomic mass is 15.0. The summed E-state index contributed by atoms with van der Waals surface area (Å²) in [5, 5.41) is 7.47. The van der Waals surface area contributed by atoms with E-state index in [0.29, 0.717) is 0 Å². The van der Waals surface area contributed by atoms with Gasteiger partial charge in [0.1, 0.15) is 0 Å². The van der Waals surface area contributed by atoms with E-state index in [9.17, 15) is 0 Å². The van der Waals surface area contributed by atoms with E-state index >= 15 is 0 Å². The average molecular weight is 678 g/mol. The van der Waals surface area contributed by atoms with Gasteiger partial charge in [0, 0.05) is 38.7 Å². The first kappa shape index (κ1) is 30.9. The molecule has 0 saturated carbocycles. The number of benzene rings is 8. The van der Waals surface area contributed by atoms with Gasteiger partial charge in [-0.3, -0.25) is 0 Å². The van der Waals surface area contributed by atoms with E-state index in [1.807, 2.05) is 6.07 Å². The zero-order valence-corrected chi connectivity index (χ0v) is 29.6. The lowest BCUT2D eigenvalue weighted by molar-refractivity contribution is 1.14. The Bertz CT molecular complexity index is 2970. The molecule has 8 aromatic carbocycles. The first-order chi connectivity index (χ1) is 26.1.